The number of benzene rings is 1. The standard InChI is InChI=1S/C14H13N3O/c1-9-2-3-12-10(6-9)7-13(18-12)14(15)11-4-5-16-8-17-11/h2-8,14H,15H2,1H3. The van der Waals surface area contributed by atoms with Crippen molar-refractivity contribution in [3.63, 3.8) is 0 Å². The molecule has 1 aromatic carbocycles. The number of fused-ring (bicyclic) bond motifs is 1. The van der Waals surface area contributed by atoms with E-state index in [1.165, 1.54) is 11.9 Å². The summed E-state index contributed by atoms with van der Waals surface area (Å²) in [5.74, 6) is 0.717. The first-order valence-corrected chi connectivity index (χ1v) is 5.75. The van der Waals surface area contributed by atoms with Crippen molar-refractivity contribution >= 4 is 11.0 Å². The van der Waals surface area contributed by atoms with E-state index >= 15 is 0 Å². The van der Waals surface area contributed by atoms with Crippen molar-refractivity contribution < 1.29 is 4.42 Å². The number of rotatable bonds is 2. The zero-order valence-corrected chi connectivity index (χ0v) is 10.00. The Kier molecular flexibility index (Phi) is 2.57. The first kappa shape index (κ1) is 10.9. The van der Waals surface area contributed by atoms with Gasteiger partial charge in [-0.2, -0.15) is 0 Å². The van der Waals surface area contributed by atoms with Gasteiger partial charge in [-0.25, -0.2) is 9.97 Å². The van der Waals surface area contributed by atoms with E-state index in [1.807, 2.05) is 18.2 Å². The summed E-state index contributed by atoms with van der Waals surface area (Å²) in [5, 5.41) is 1.06. The van der Waals surface area contributed by atoms with Crippen molar-refractivity contribution in [2.24, 2.45) is 5.73 Å². The molecule has 3 rings (SSSR count). The van der Waals surface area contributed by atoms with E-state index in [4.69, 9.17) is 10.2 Å². The van der Waals surface area contributed by atoms with Gasteiger partial charge in [0, 0.05) is 11.6 Å². The predicted molar refractivity (Wildman–Crippen MR) is 69.0 cm³/mol. The highest BCUT2D eigenvalue weighted by molar-refractivity contribution is 5.78. The Hall–Kier alpha value is -2.20. The van der Waals surface area contributed by atoms with Gasteiger partial charge < -0.3 is 10.2 Å². The Balaban J connectivity index is 2.04. The molecule has 0 fully saturated rings. The van der Waals surface area contributed by atoms with E-state index in [1.54, 1.807) is 12.3 Å². The summed E-state index contributed by atoms with van der Waals surface area (Å²) in [4.78, 5) is 8.03. The lowest BCUT2D eigenvalue weighted by Crippen LogP contribution is -2.12. The second-order valence-electron chi connectivity index (χ2n) is 4.30. The number of hydrogen-bond donors (Lipinski definition) is 1. The van der Waals surface area contributed by atoms with Gasteiger partial charge in [-0.1, -0.05) is 11.6 Å². The fourth-order valence-electron chi connectivity index (χ4n) is 1.97. The molecular formula is C14H13N3O. The average Bonchev–Trinajstić information content (AvgIpc) is 2.81. The van der Waals surface area contributed by atoms with E-state index in [0.717, 1.165) is 16.7 Å². The van der Waals surface area contributed by atoms with Crippen LogP contribution in [0.2, 0.25) is 0 Å². The van der Waals surface area contributed by atoms with Crippen LogP contribution < -0.4 is 5.73 Å². The lowest BCUT2D eigenvalue weighted by Gasteiger charge is -2.06. The third-order valence-corrected chi connectivity index (χ3v) is 2.92. The fourth-order valence-corrected chi connectivity index (χ4v) is 1.97. The largest absolute Gasteiger partial charge is 0.459 e. The lowest BCUT2D eigenvalue weighted by molar-refractivity contribution is 0.520. The van der Waals surface area contributed by atoms with E-state index in [0.29, 0.717) is 5.76 Å². The average molecular weight is 239 g/mol. The fraction of sp³-hybridized carbons (Fsp3) is 0.143. The third kappa shape index (κ3) is 1.87. The van der Waals surface area contributed by atoms with Gasteiger partial charge in [-0.3, -0.25) is 0 Å². The van der Waals surface area contributed by atoms with Gasteiger partial charge in [-0.05, 0) is 31.2 Å². The highest BCUT2D eigenvalue weighted by Crippen LogP contribution is 2.26. The maximum atomic E-state index is 6.13. The van der Waals surface area contributed by atoms with Crippen LogP contribution in [0, 0.1) is 6.92 Å². The van der Waals surface area contributed by atoms with E-state index in [-0.39, 0.29) is 6.04 Å². The topological polar surface area (TPSA) is 64.9 Å². The quantitative estimate of drug-likeness (QED) is 0.746. The second-order valence-corrected chi connectivity index (χ2v) is 4.30. The molecule has 0 amide bonds. The number of aryl methyl sites for hydroxylation is 1. The molecule has 1 atom stereocenters. The van der Waals surface area contributed by atoms with Crippen LogP contribution in [0.15, 0.2) is 47.3 Å². The molecule has 1 unspecified atom stereocenters. The summed E-state index contributed by atoms with van der Waals surface area (Å²) in [6.45, 7) is 2.05. The second kappa shape index (κ2) is 4.23. The molecule has 3 aromatic rings. The molecule has 0 saturated carbocycles. The number of aromatic nitrogens is 2. The molecule has 0 spiro atoms. The van der Waals surface area contributed by atoms with Crippen molar-refractivity contribution in [2.45, 2.75) is 13.0 Å². The Morgan fingerprint density at radius 2 is 2.11 bits per heavy atom. The first-order chi connectivity index (χ1) is 8.74. The molecule has 2 N–H and O–H groups in total. The summed E-state index contributed by atoms with van der Waals surface area (Å²) < 4.78 is 5.75. The number of nitrogens with zero attached hydrogens (tertiary/aromatic N) is 2. The molecule has 18 heavy (non-hydrogen) atoms. The van der Waals surface area contributed by atoms with Crippen molar-refractivity contribution in [2.75, 3.05) is 0 Å². The monoisotopic (exact) mass is 239 g/mol. The summed E-state index contributed by atoms with van der Waals surface area (Å²) in [7, 11) is 0. The molecular weight excluding hydrogens is 226 g/mol. The molecule has 2 aromatic heterocycles. The zero-order valence-electron chi connectivity index (χ0n) is 10.00. The van der Waals surface area contributed by atoms with Gasteiger partial charge in [0.2, 0.25) is 0 Å². The summed E-state index contributed by atoms with van der Waals surface area (Å²) >= 11 is 0. The predicted octanol–water partition coefficient (Wildman–Crippen LogP) is 2.58. The van der Waals surface area contributed by atoms with Crippen molar-refractivity contribution in [1.82, 2.24) is 9.97 Å². The summed E-state index contributed by atoms with van der Waals surface area (Å²) in [6, 6.07) is 9.46. The van der Waals surface area contributed by atoms with Crippen LogP contribution in [0.3, 0.4) is 0 Å². The van der Waals surface area contributed by atoms with Gasteiger partial charge in [0.15, 0.2) is 0 Å². The smallest absolute Gasteiger partial charge is 0.134 e. The number of hydrogen-bond acceptors (Lipinski definition) is 4. The van der Waals surface area contributed by atoms with Gasteiger partial charge in [-0.15, -0.1) is 0 Å². The van der Waals surface area contributed by atoms with Gasteiger partial charge in [0.05, 0.1) is 5.69 Å². The third-order valence-electron chi connectivity index (χ3n) is 2.92. The van der Waals surface area contributed by atoms with E-state index in [2.05, 4.69) is 23.0 Å². The van der Waals surface area contributed by atoms with Crippen molar-refractivity contribution in [3.8, 4) is 0 Å². The van der Waals surface area contributed by atoms with Crippen molar-refractivity contribution in [1.29, 1.82) is 0 Å². The van der Waals surface area contributed by atoms with E-state index < -0.39 is 0 Å². The minimum absolute atomic E-state index is 0.360. The molecule has 0 saturated heterocycles. The van der Waals surface area contributed by atoms with Gasteiger partial charge in [0.25, 0.3) is 0 Å². The lowest BCUT2D eigenvalue weighted by atomic mass is 10.1. The molecule has 0 bridgehead atoms. The van der Waals surface area contributed by atoms with Gasteiger partial charge in [0.1, 0.15) is 23.7 Å². The minimum Gasteiger partial charge on any atom is -0.459 e. The number of furan rings is 1. The molecule has 0 radical (unpaired) electrons. The Bertz CT molecular complexity index is 676. The first-order valence-electron chi connectivity index (χ1n) is 5.75. The van der Waals surface area contributed by atoms with Crippen LogP contribution in [-0.2, 0) is 0 Å². The van der Waals surface area contributed by atoms with Crippen LogP contribution in [0.1, 0.15) is 23.1 Å². The highest BCUT2D eigenvalue weighted by atomic mass is 16.3. The normalized spacial score (nSPS) is 12.8. The highest BCUT2D eigenvalue weighted by Gasteiger charge is 2.15. The maximum absolute atomic E-state index is 6.13. The van der Waals surface area contributed by atoms with Gasteiger partial charge >= 0.3 is 0 Å². The number of nitrogens with two attached hydrogens (primary N) is 1. The van der Waals surface area contributed by atoms with E-state index in [9.17, 15) is 0 Å². The molecule has 0 aliphatic heterocycles. The van der Waals surface area contributed by atoms with Crippen LogP contribution in [0.25, 0.3) is 11.0 Å². The molecule has 0 aliphatic carbocycles. The van der Waals surface area contributed by atoms with Crippen LogP contribution in [-0.4, -0.2) is 9.97 Å². The van der Waals surface area contributed by atoms with Crippen LogP contribution in [0.4, 0.5) is 0 Å². The maximum Gasteiger partial charge on any atom is 0.134 e. The molecule has 4 nitrogen and oxygen atoms in total. The van der Waals surface area contributed by atoms with Crippen LogP contribution in [0.5, 0.6) is 0 Å². The Morgan fingerprint density at radius 1 is 1.22 bits per heavy atom. The molecule has 2 heterocycles. The zero-order chi connectivity index (χ0) is 12.5. The molecule has 4 heteroatoms. The minimum atomic E-state index is -0.360. The summed E-state index contributed by atoms with van der Waals surface area (Å²) in [5.41, 5.74) is 8.93. The summed E-state index contributed by atoms with van der Waals surface area (Å²) in [6.07, 6.45) is 3.16. The molecule has 0 aliphatic rings. The SMILES string of the molecule is Cc1ccc2oc(C(N)c3ccncn3)cc2c1. The Labute approximate surface area is 104 Å². The van der Waals surface area contributed by atoms with Crippen molar-refractivity contribution in [3.05, 3.63) is 59.9 Å². The van der Waals surface area contributed by atoms with Crippen LogP contribution >= 0.6 is 0 Å². The molecule has 90 valence electrons. The Morgan fingerprint density at radius 3 is 2.89 bits per heavy atom.